The van der Waals surface area contributed by atoms with E-state index in [0.29, 0.717) is 13.1 Å². The summed E-state index contributed by atoms with van der Waals surface area (Å²) < 4.78 is 5.04. The van der Waals surface area contributed by atoms with E-state index in [1.807, 2.05) is 30.3 Å². The van der Waals surface area contributed by atoms with Gasteiger partial charge in [0.05, 0.1) is 12.5 Å². The van der Waals surface area contributed by atoms with Gasteiger partial charge in [0.25, 0.3) is 0 Å². The zero-order valence-corrected chi connectivity index (χ0v) is 17.7. The third kappa shape index (κ3) is 8.10. The van der Waals surface area contributed by atoms with E-state index < -0.39 is 17.6 Å². The number of rotatable bonds is 8. The Balaban J connectivity index is 1.62. The number of nitrogens with zero attached hydrogens (tertiary/aromatic N) is 1. The summed E-state index contributed by atoms with van der Waals surface area (Å²) in [5, 5.41) is 7.69. The lowest BCUT2D eigenvalue weighted by Crippen LogP contribution is -2.42. The van der Waals surface area contributed by atoms with Crippen molar-refractivity contribution in [3.63, 3.8) is 0 Å². The van der Waals surface area contributed by atoms with Gasteiger partial charge >= 0.3 is 6.09 Å². The van der Waals surface area contributed by atoms with Crippen molar-refractivity contribution in [3.8, 4) is 0 Å². The van der Waals surface area contributed by atoms with Crippen LogP contribution in [0, 0.1) is 5.92 Å². The highest BCUT2D eigenvalue weighted by molar-refractivity contribution is 5.89. The van der Waals surface area contributed by atoms with Crippen LogP contribution >= 0.6 is 0 Å². The average molecular weight is 418 g/mol. The highest BCUT2D eigenvalue weighted by Gasteiger charge is 2.34. The van der Waals surface area contributed by atoms with Crippen LogP contribution in [0.4, 0.5) is 4.79 Å². The van der Waals surface area contributed by atoms with Crippen molar-refractivity contribution in [2.75, 3.05) is 26.2 Å². The molecule has 1 aromatic rings. The Morgan fingerprint density at radius 2 is 1.73 bits per heavy atom. The van der Waals surface area contributed by atoms with Gasteiger partial charge in [0.15, 0.2) is 0 Å². The first-order valence-corrected chi connectivity index (χ1v) is 9.97. The van der Waals surface area contributed by atoms with Crippen LogP contribution in [0.1, 0.15) is 32.8 Å². The normalized spacial score (nSPS) is 16.2. The van der Waals surface area contributed by atoms with Crippen LogP contribution in [0.25, 0.3) is 0 Å². The predicted molar refractivity (Wildman–Crippen MR) is 110 cm³/mol. The van der Waals surface area contributed by atoms with Gasteiger partial charge in [0.1, 0.15) is 5.60 Å². The molecule has 0 bridgehead atoms. The minimum Gasteiger partial charge on any atom is -0.444 e. The summed E-state index contributed by atoms with van der Waals surface area (Å²) in [5.41, 5.74) is 0.387. The van der Waals surface area contributed by atoms with Gasteiger partial charge in [-0.05, 0) is 26.3 Å². The molecule has 0 aromatic heterocycles. The first-order valence-electron chi connectivity index (χ1n) is 9.97. The molecule has 1 atom stereocenters. The van der Waals surface area contributed by atoms with Crippen molar-refractivity contribution in [2.24, 2.45) is 5.92 Å². The van der Waals surface area contributed by atoms with E-state index in [1.165, 1.54) is 0 Å². The second kappa shape index (κ2) is 10.6. The van der Waals surface area contributed by atoms with Crippen LogP contribution in [0.3, 0.4) is 0 Å². The molecule has 30 heavy (non-hydrogen) atoms. The molecule has 4 amide bonds. The molecule has 9 heteroatoms. The van der Waals surface area contributed by atoms with E-state index in [2.05, 4.69) is 16.0 Å². The van der Waals surface area contributed by atoms with Gasteiger partial charge in [-0.15, -0.1) is 0 Å². The standard InChI is InChI=1S/C21H30N4O5/c1-21(2,3)30-20(29)24-12-17(26)22-9-10-23-19(28)16-11-18(27)25(14-16)13-15-7-5-4-6-8-15/h4-8,16H,9-14H2,1-3H3,(H,22,26)(H,23,28)(H,24,29). The van der Waals surface area contributed by atoms with Crippen molar-refractivity contribution in [1.82, 2.24) is 20.9 Å². The van der Waals surface area contributed by atoms with Crippen molar-refractivity contribution in [2.45, 2.75) is 39.3 Å². The van der Waals surface area contributed by atoms with Crippen molar-refractivity contribution >= 4 is 23.8 Å². The number of carbonyl (C=O) groups excluding carboxylic acids is 4. The van der Waals surface area contributed by atoms with Crippen LogP contribution in [0.15, 0.2) is 30.3 Å². The molecule has 1 unspecified atom stereocenters. The monoisotopic (exact) mass is 418 g/mol. The van der Waals surface area contributed by atoms with E-state index in [4.69, 9.17) is 4.74 Å². The van der Waals surface area contributed by atoms with Crippen LogP contribution in [0.5, 0.6) is 0 Å². The molecular formula is C21H30N4O5. The van der Waals surface area contributed by atoms with Crippen molar-refractivity contribution in [3.05, 3.63) is 35.9 Å². The van der Waals surface area contributed by atoms with Crippen LogP contribution in [-0.4, -0.2) is 60.5 Å². The van der Waals surface area contributed by atoms with Gasteiger partial charge in [-0.1, -0.05) is 30.3 Å². The molecule has 0 aliphatic carbocycles. The summed E-state index contributed by atoms with van der Waals surface area (Å²) in [4.78, 5) is 49.4. The van der Waals surface area contributed by atoms with Crippen LogP contribution in [0.2, 0.25) is 0 Å². The maximum absolute atomic E-state index is 12.3. The second-order valence-electron chi connectivity index (χ2n) is 8.16. The predicted octanol–water partition coefficient (Wildman–Crippen LogP) is 0.792. The number of ether oxygens (including phenoxy) is 1. The van der Waals surface area contributed by atoms with Gasteiger partial charge in [0, 0.05) is 32.6 Å². The fourth-order valence-electron chi connectivity index (χ4n) is 2.97. The van der Waals surface area contributed by atoms with Crippen LogP contribution < -0.4 is 16.0 Å². The van der Waals surface area contributed by atoms with Crippen molar-refractivity contribution < 1.29 is 23.9 Å². The highest BCUT2D eigenvalue weighted by Crippen LogP contribution is 2.20. The molecule has 9 nitrogen and oxygen atoms in total. The highest BCUT2D eigenvalue weighted by atomic mass is 16.6. The van der Waals surface area contributed by atoms with Gasteiger partial charge < -0.3 is 25.6 Å². The lowest BCUT2D eigenvalue weighted by molar-refractivity contribution is -0.129. The number of carbonyl (C=O) groups is 4. The summed E-state index contributed by atoms with van der Waals surface area (Å²) in [6.07, 6.45) is -0.484. The summed E-state index contributed by atoms with van der Waals surface area (Å²) in [6.45, 7) is 6.30. The summed E-state index contributed by atoms with van der Waals surface area (Å²) in [7, 11) is 0. The maximum atomic E-state index is 12.3. The van der Waals surface area contributed by atoms with Gasteiger partial charge in [0.2, 0.25) is 17.7 Å². The van der Waals surface area contributed by atoms with E-state index in [0.717, 1.165) is 5.56 Å². The Morgan fingerprint density at radius 3 is 2.40 bits per heavy atom. The number of benzene rings is 1. The smallest absolute Gasteiger partial charge is 0.408 e. The third-order valence-electron chi connectivity index (χ3n) is 4.34. The maximum Gasteiger partial charge on any atom is 0.408 e. The van der Waals surface area contributed by atoms with Gasteiger partial charge in [-0.3, -0.25) is 14.4 Å². The fraction of sp³-hybridized carbons (Fsp3) is 0.524. The zero-order chi connectivity index (χ0) is 22.1. The van der Waals surface area contributed by atoms with E-state index in [-0.39, 0.29) is 43.8 Å². The molecule has 164 valence electrons. The fourth-order valence-corrected chi connectivity index (χ4v) is 2.97. The first-order chi connectivity index (χ1) is 14.1. The minimum atomic E-state index is -0.670. The summed E-state index contributed by atoms with van der Waals surface area (Å²) in [5.74, 6) is -1.04. The number of amides is 4. The number of hydrogen-bond acceptors (Lipinski definition) is 5. The summed E-state index contributed by atoms with van der Waals surface area (Å²) in [6, 6.07) is 9.63. The number of likely N-dealkylation sites (tertiary alicyclic amines) is 1. The summed E-state index contributed by atoms with van der Waals surface area (Å²) >= 11 is 0. The lowest BCUT2D eigenvalue weighted by atomic mass is 10.1. The first kappa shape index (κ1) is 23.2. The topological polar surface area (TPSA) is 117 Å². The molecule has 1 aliphatic rings. The van der Waals surface area contributed by atoms with E-state index >= 15 is 0 Å². The molecule has 0 spiro atoms. The number of alkyl carbamates (subject to hydrolysis) is 1. The van der Waals surface area contributed by atoms with Gasteiger partial charge in [-0.2, -0.15) is 0 Å². The molecule has 2 rings (SSSR count). The number of nitrogens with one attached hydrogen (secondary N) is 3. The molecule has 1 saturated heterocycles. The van der Waals surface area contributed by atoms with E-state index in [1.54, 1.807) is 25.7 Å². The molecule has 1 aromatic carbocycles. The molecule has 0 saturated carbocycles. The molecule has 1 aliphatic heterocycles. The van der Waals surface area contributed by atoms with Crippen LogP contribution in [-0.2, 0) is 25.7 Å². The van der Waals surface area contributed by atoms with Crippen molar-refractivity contribution in [1.29, 1.82) is 0 Å². The van der Waals surface area contributed by atoms with Gasteiger partial charge in [-0.25, -0.2) is 4.79 Å². The third-order valence-corrected chi connectivity index (χ3v) is 4.34. The lowest BCUT2D eigenvalue weighted by Gasteiger charge is -2.19. The quantitative estimate of drug-likeness (QED) is 0.540. The molecule has 1 fully saturated rings. The Hall–Kier alpha value is -3.10. The molecule has 0 radical (unpaired) electrons. The molecule has 1 heterocycles. The SMILES string of the molecule is CC(C)(C)OC(=O)NCC(=O)NCCNC(=O)C1CC(=O)N(Cc2ccccc2)C1. The molecular weight excluding hydrogens is 388 g/mol. The Morgan fingerprint density at radius 1 is 1.07 bits per heavy atom. The minimum absolute atomic E-state index is 0.0412. The van der Waals surface area contributed by atoms with E-state index in [9.17, 15) is 19.2 Å². The Bertz CT molecular complexity index is 760. The second-order valence-corrected chi connectivity index (χ2v) is 8.16. The number of hydrogen-bond donors (Lipinski definition) is 3. The zero-order valence-electron chi connectivity index (χ0n) is 17.7. The average Bonchev–Trinajstić information content (AvgIpc) is 3.03. The molecule has 3 N–H and O–H groups in total. The Labute approximate surface area is 176 Å². The Kier molecular flexibility index (Phi) is 8.20. The largest absolute Gasteiger partial charge is 0.444 e.